The SMILES string of the molecule is CCC=C(C)C=CCc1cccc(C)c1. The van der Waals surface area contributed by atoms with Crippen molar-refractivity contribution in [1.29, 1.82) is 0 Å². The maximum atomic E-state index is 2.24. The van der Waals surface area contributed by atoms with Gasteiger partial charge in [-0.15, -0.1) is 0 Å². The van der Waals surface area contributed by atoms with Crippen molar-refractivity contribution in [3.05, 3.63) is 59.2 Å². The first-order valence-corrected chi connectivity index (χ1v) is 5.61. The highest BCUT2D eigenvalue weighted by molar-refractivity contribution is 5.25. The Morgan fingerprint density at radius 3 is 2.80 bits per heavy atom. The highest BCUT2D eigenvalue weighted by atomic mass is 13.9. The second-order valence-corrected chi connectivity index (χ2v) is 3.95. The van der Waals surface area contributed by atoms with E-state index in [2.05, 4.69) is 63.3 Å². The Hall–Kier alpha value is -1.30. The van der Waals surface area contributed by atoms with E-state index in [4.69, 9.17) is 0 Å². The monoisotopic (exact) mass is 200 g/mol. The largest absolute Gasteiger partial charge is 0.0819 e. The lowest BCUT2D eigenvalue weighted by Gasteiger charge is -1.98. The molecule has 0 bridgehead atoms. The van der Waals surface area contributed by atoms with Gasteiger partial charge in [0.25, 0.3) is 0 Å². The topological polar surface area (TPSA) is 0 Å². The van der Waals surface area contributed by atoms with Gasteiger partial charge in [-0.25, -0.2) is 0 Å². The van der Waals surface area contributed by atoms with Crippen LogP contribution >= 0.6 is 0 Å². The van der Waals surface area contributed by atoms with Crippen molar-refractivity contribution < 1.29 is 0 Å². The van der Waals surface area contributed by atoms with Crippen LogP contribution in [-0.4, -0.2) is 0 Å². The van der Waals surface area contributed by atoms with Crippen LogP contribution in [0.3, 0.4) is 0 Å². The number of allylic oxidation sites excluding steroid dienone is 4. The van der Waals surface area contributed by atoms with Crippen LogP contribution in [0.1, 0.15) is 31.4 Å². The molecule has 1 rings (SSSR count). The lowest BCUT2D eigenvalue weighted by Crippen LogP contribution is -1.81. The van der Waals surface area contributed by atoms with Crippen LogP contribution in [0.2, 0.25) is 0 Å². The van der Waals surface area contributed by atoms with Crippen LogP contribution in [0, 0.1) is 6.92 Å². The summed E-state index contributed by atoms with van der Waals surface area (Å²) in [6, 6.07) is 8.67. The summed E-state index contributed by atoms with van der Waals surface area (Å²) in [7, 11) is 0. The fraction of sp³-hybridized carbons (Fsp3) is 0.333. The van der Waals surface area contributed by atoms with E-state index in [0.717, 1.165) is 12.8 Å². The lowest BCUT2D eigenvalue weighted by atomic mass is 10.1. The molecule has 0 heterocycles. The summed E-state index contributed by atoms with van der Waals surface area (Å²) >= 11 is 0. The molecule has 0 atom stereocenters. The third-order valence-electron chi connectivity index (χ3n) is 2.34. The van der Waals surface area contributed by atoms with Crippen LogP contribution in [-0.2, 0) is 6.42 Å². The van der Waals surface area contributed by atoms with Crippen molar-refractivity contribution in [3.63, 3.8) is 0 Å². The Morgan fingerprint density at radius 1 is 1.33 bits per heavy atom. The molecule has 0 fully saturated rings. The molecule has 0 heteroatoms. The molecule has 0 aliphatic carbocycles. The van der Waals surface area contributed by atoms with Crippen LogP contribution in [0.5, 0.6) is 0 Å². The minimum Gasteiger partial charge on any atom is -0.0819 e. The van der Waals surface area contributed by atoms with Gasteiger partial charge in [0.2, 0.25) is 0 Å². The van der Waals surface area contributed by atoms with Crippen molar-refractivity contribution in [3.8, 4) is 0 Å². The Labute approximate surface area is 93.3 Å². The third-order valence-corrected chi connectivity index (χ3v) is 2.34. The second kappa shape index (κ2) is 6.23. The smallest absolute Gasteiger partial charge is 0.00941 e. The van der Waals surface area contributed by atoms with E-state index >= 15 is 0 Å². The van der Waals surface area contributed by atoms with Crippen molar-refractivity contribution in [2.45, 2.75) is 33.6 Å². The number of rotatable bonds is 4. The molecule has 0 aromatic heterocycles. The quantitative estimate of drug-likeness (QED) is 0.630. The van der Waals surface area contributed by atoms with Gasteiger partial charge in [-0.05, 0) is 32.3 Å². The molecule has 15 heavy (non-hydrogen) atoms. The van der Waals surface area contributed by atoms with Gasteiger partial charge in [-0.1, -0.05) is 60.6 Å². The summed E-state index contributed by atoms with van der Waals surface area (Å²) in [4.78, 5) is 0. The maximum absolute atomic E-state index is 2.24. The molecule has 0 N–H and O–H groups in total. The summed E-state index contributed by atoms with van der Waals surface area (Å²) in [5.41, 5.74) is 4.07. The van der Waals surface area contributed by atoms with Gasteiger partial charge in [0.1, 0.15) is 0 Å². The molecule has 1 aromatic carbocycles. The van der Waals surface area contributed by atoms with Gasteiger partial charge in [0.15, 0.2) is 0 Å². The minimum absolute atomic E-state index is 1.02. The van der Waals surface area contributed by atoms with E-state index in [1.807, 2.05) is 0 Å². The maximum Gasteiger partial charge on any atom is -0.00941 e. The van der Waals surface area contributed by atoms with E-state index < -0.39 is 0 Å². The van der Waals surface area contributed by atoms with Crippen LogP contribution < -0.4 is 0 Å². The van der Waals surface area contributed by atoms with Gasteiger partial charge < -0.3 is 0 Å². The molecule has 0 aliphatic rings. The van der Waals surface area contributed by atoms with Gasteiger partial charge in [0, 0.05) is 0 Å². The Balaban J connectivity index is 2.54. The molecule has 0 aliphatic heterocycles. The van der Waals surface area contributed by atoms with Crippen molar-refractivity contribution in [2.24, 2.45) is 0 Å². The Kier molecular flexibility index (Phi) is 4.89. The van der Waals surface area contributed by atoms with Crippen LogP contribution in [0.25, 0.3) is 0 Å². The molecule has 0 nitrogen and oxygen atoms in total. The van der Waals surface area contributed by atoms with E-state index in [9.17, 15) is 0 Å². The average molecular weight is 200 g/mol. The summed E-state index contributed by atoms with van der Waals surface area (Å²) in [6.45, 7) is 6.45. The normalized spacial score (nSPS) is 12.3. The van der Waals surface area contributed by atoms with E-state index in [1.165, 1.54) is 16.7 Å². The third kappa shape index (κ3) is 4.64. The zero-order valence-electron chi connectivity index (χ0n) is 9.96. The van der Waals surface area contributed by atoms with E-state index in [1.54, 1.807) is 0 Å². The minimum atomic E-state index is 1.02. The van der Waals surface area contributed by atoms with Crippen molar-refractivity contribution >= 4 is 0 Å². The van der Waals surface area contributed by atoms with Crippen molar-refractivity contribution in [2.75, 3.05) is 0 Å². The first-order chi connectivity index (χ1) is 7.22. The molecule has 1 aromatic rings. The van der Waals surface area contributed by atoms with Gasteiger partial charge in [0.05, 0.1) is 0 Å². The molecule has 0 saturated heterocycles. The molecular weight excluding hydrogens is 180 g/mol. The Bertz CT molecular complexity index is 356. The Morgan fingerprint density at radius 2 is 2.13 bits per heavy atom. The van der Waals surface area contributed by atoms with E-state index in [0.29, 0.717) is 0 Å². The van der Waals surface area contributed by atoms with E-state index in [-0.39, 0.29) is 0 Å². The zero-order valence-corrected chi connectivity index (χ0v) is 9.96. The molecule has 80 valence electrons. The van der Waals surface area contributed by atoms with Crippen LogP contribution in [0.15, 0.2) is 48.1 Å². The van der Waals surface area contributed by atoms with Crippen molar-refractivity contribution in [1.82, 2.24) is 0 Å². The predicted molar refractivity (Wildman–Crippen MR) is 68.1 cm³/mol. The first-order valence-electron chi connectivity index (χ1n) is 5.61. The highest BCUT2D eigenvalue weighted by Gasteiger charge is 1.89. The molecule has 0 radical (unpaired) electrons. The standard InChI is InChI=1S/C15H20/c1-4-7-13(2)8-5-10-15-11-6-9-14(3)12-15/h5-9,11-12H,4,10H2,1-3H3. The van der Waals surface area contributed by atoms with Gasteiger partial charge in [-0.3, -0.25) is 0 Å². The molecule has 0 unspecified atom stereocenters. The number of aryl methyl sites for hydroxylation is 1. The lowest BCUT2D eigenvalue weighted by molar-refractivity contribution is 1.19. The fourth-order valence-electron chi connectivity index (χ4n) is 1.61. The summed E-state index contributed by atoms with van der Waals surface area (Å²) in [5, 5.41) is 0. The predicted octanol–water partition coefficient (Wildman–Crippen LogP) is 4.45. The summed E-state index contributed by atoms with van der Waals surface area (Å²) in [5.74, 6) is 0. The summed E-state index contributed by atoms with van der Waals surface area (Å²) < 4.78 is 0. The first kappa shape index (κ1) is 11.8. The number of hydrogen-bond donors (Lipinski definition) is 0. The molecular formula is C15H20. The van der Waals surface area contributed by atoms with Crippen LogP contribution in [0.4, 0.5) is 0 Å². The highest BCUT2D eigenvalue weighted by Crippen LogP contribution is 2.06. The van der Waals surface area contributed by atoms with Gasteiger partial charge in [-0.2, -0.15) is 0 Å². The summed E-state index contributed by atoms with van der Waals surface area (Å²) in [6.07, 6.45) is 8.81. The zero-order chi connectivity index (χ0) is 11.1. The average Bonchev–Trinajstić information content (AvgIpc) is 2.18. The fourth-order valence-corrected chi connectivity index (χ4v) is 1.61. The second-order valence-electron chi connectivity index (χ2n) is 3.95. The number of benzene rings is 1. The molecule has 0 spiro atoms. The molecule has 0 saturated carbocycles. The van der Waals surface area contributed by atoms with Gasteiger partial charge >= 0.3 is 0 Å². The number of hydrogen-bond acceptors (Lipinski definition) is 0. The molecule has 0 amide bonds.